The number of hydrogen-bond donors (Lipinski definition) is 1. The first kappa shape index (κ1) is 13.0. The lowest BCUT2D eigenvalue weighted by molar-refractivity contribution is 0.491. The standard InChI is InChI=1S/C14H21N.H3N/c1-14(10-4-5-11-14)12-6-8-13(9-7-12)15(2)3;/h6-9H,4-5,10-11H2,1-3H3;1H3. The van der Waals surface area contributed by atoms with Crippen molar-refractivity contribution in [1.82, 2.24) is 6.15 Å². The Morgan fingerprint density at radius 3 is 1.94 bits per heavy atom. The maximum atomic E-state index is 2.41. The second kappa shape index (κ2) is 4.88. The highest BCUT2D eigenvalue weighted by Crippen LogP contribution is 2.40. The van der Waals surface area contributed by atoms with Gasteiger partial charge in [0.25, 0.3) is 0 Å². The number of benzene rings is 1. The van der Waals surface area contributed by atoms with Gasteiger partial charge in [0.15, 0.2) is 0 Å². The van der Waals surface area contributed by atoms with Crippen molar-refractivity contribution in [2.45, 2.75) is 38.0 Å². The van der Waals surface area contributed by atoms with Gasteiger partial charge < -0.3 is 11.1 Å². The van der Waals surface area contributed by atoms with Crippen molar-refractivity contribution in [2.24, 2.45) is 0 Å². The predicted molar refractivity (Wildman–Crippen MR) is 71.6 cm³/mol. The third kappa shape index (κ3) is 2.38. The molecule has 1 aromatic rings. The highest BCUT2D eigenvalue weighted by atomic mass is 15.1. The molecule has 0 atom stereocenters. The molecule has 1 aromatic carbocycles. The van der Waals surface area contributed by atoms with Gasteiger partial charge in [-0.2, -0.15) is 0 Å². The van der Waals surface area contributed by atoms with Gasteiger partial charge in [-0.25, -0.2) is 0 Å². The first-order chi connectivity index (χ1) is 7.12. The van der Waals surface area contributed by atoms with Crippen LogP contribution >= 0.6 is 0 Å². The zero-order valence-corrected chi connectivity index (χ0v) is 10.8. The maximum absolute atomic E-state index is 2.41. The zero-order valence-electron chi connectivity index (χ0n) is 10.8. The largest absolute Gasteiger partial charge is 0.378 e. The fourth-order valence-electron chi connectivity index (χ4n) is 2.61. The molecule has 3 N–H and O–H groups in total. The molecule has 0 aromatic heterocycles. The molecule has 2 heteroatoms. The zero-order chi connectivity index (χ0) is 10.9. The number of nitrogens with zero attached hydrogens (tertiary/aromatic N) is 1. The van der Waals surface area contributed by atoms with Gasteiger partial charge in [0.1, 0.15) is 0 Å². The average Bonchev–Trinajstić information content (AvgIpc) is 2.67. The molecule has 1 fully saturated rings. The van der Waals surface area contributed by atoms with Crippen molar-refractivity contribution in [3.8, 4) is 0 Å². The highest BCUT2D eigenvalue weighted by molar-refractivity contribution is 5.47. The topological polar surface area (TPSA) is 38.2 Å². The van der Waals surface area contributed by atoms with Crippen molar-refractivity contribution >= 4 is 5.69 Å². The molecule has 0 radical (unpaired) electrons. The molecule has 1 aliphatic carbocycles. The molecule has 0 unspecified atom stereocenters. The van der Waals surface area contributed by atoms with E-state index < -0.39 is 0 Å². The minimum Gasteiger partial charge on any atom is -0.378 e. The van der Waals surface area contributed by atoms with Gasteiger partial charge in [-0.15, -0.1) is 0 Å². The highest BCUT2D eigenvalue weighted by Gasteiger charge is 2.30. The van der Waals surface area contributed by atoms with Gasteiger partial charge in [-0.05, 0) is 36.0 Å². The van der Waals surface area contributed by atoms with E-state index in [1.54, 1.807) is 0 Å². The van der Waals surface area contributed by atoms with Crippen LogP contribution in [0.5, 0.6) is 0 Å². The smallest absolute Gasteiger partial charge is 0.0361 e. The first-order valence-corrected chi connectivity index (χ1v) is 5.90. The van der Waals surface area contributed by atoms with Crippen LogP contribution in [-0.4, -0.2) is 14.1 Å². The molecular formula is C14H24N2. The van der Waals surface area contributed by atoms with E-state index in [0.717, 1.165) is 0 Å². The van der Waals surface area contributed by atoms with E-state index in [-0.39, 0.29) is 6.15 Å². The summed E-state index contributed by atoms with van der Waals surface area (Å²) in [5, 5.41) is 0. The van der Waals surface area contributed by atoms with Crippen LogP contribution in [0.3, 0.4) is 0 Å². The van der Waals surface area contributed by atoms with E-state index in [1.807, 2.05) is 0 Å². The second-order valence-electron chi connectivity index (χ2n) is 5.21. The summed E-state index contributed by atoms with van der Waals surface area (Å²) in [6.07, 6.45) is 5.50. The molecule has 16 heavy (non-hydrogen) atoms. The maximum Gasteiger partial charge on any atom is 0.0361 e. The van der Waals surface area contributed by atoms with Gasteiger partial charge in [0.05, 0.1) is 0 Å². The van der Waals surface area contributed by atoms with Gasteiger partial charge in [0.2, 0.25) is 0 Å². The Labute approximate surface area is 99.2 Å². The average molecular weight is 220 g/mol. The van der Waals surface area contributed by atoms with Crippen LogP contribution in [0, 0.1) is 0 Å². The summed E-state index contributed by atoms with van der Waals surface area (Å²) in [5.74, 6) is 0. The van der Waals surface area contributed by atoms with Crippen LogP contribution in [-0.2, 0) is 5.41 Å². The van der Waals surface area contributed by atoms with Crippen LogP contribution in [0.1, 0.15) is 38.2 Å². The molecule has 0 saturated heterocycles. The van der Waals surface area contributed by atoms with Gasteiger partial charge in [-0.1, -0.05) is 31.9 Å². The van der Waals surface area contributed by atoms with Crippen molar-refractivity contribution in [1.29, 1.82) is 0 Å². The van der Waals surface area contributed by atoms with Gasteiger partial charge >= 0.3 is 0 Å². The Hall–Kier alpha value is -1.02. The second-order valence-corrected chi connectivity index (χ2v) is 5.21. The monoisotopic (exact) mass is 220 g/mol. The predicted octanol–water partition coefficient (Wildman–Crippen LogP) is 3.75. The lowest BCUT2D eigenvalue weighted by Crippen LogP contribution is -2.17. The summed E-state index contributed by atoms with van der Waals surface area (Å²) in [6.45, 7) is 2.41. The summed E-state index contributed by atoms with van der Waals surface area (Å²) in [4.78, 5) is 2.15. The summed E-state index contributed by atoms with van der Waals surface area (Å²) in [6, 6.07) is 9.08. The van der Waals surface area contributed by atoms with Gasteiger partial charge in [-0.3, -0.25) is 0 Å². The van der Waals surface area contributed by atoms with Crippen molar-refractivity contribution < 1.29 is 0 Å². The summed E-state index contributed by atoms with van der Waals surface area (Å²) >= 11 is 0. The molecule has 2 nitrogen and oxygen atoms in total. The number of hydrogen-bond acceptors (Lipinski definition) is 2. The molecule has 0 amide bonds. The molecule has 0 bridgehead atoms. The Morgan fingerprint density at radius 2 is 1.50 bits per heavy atom. The molecule has 2 rings (SSSR count). The van der Waals surface area contributed by atoms with E-state index in [2.05, 4.69) is 50.2 Å². The third-order valence-electron chi connectivity index (χ3n) is 3.79. The van der Waals surface area contributed by atoms with E-state index >= 15 is 0 Å². The van der Waals surface area contributed by atoms with Crippen LogP contribution in [0.4, 0.5) is 5.69 Å². The minimum absolute atomic E-state index is 0. The molecule has 0 heterocycles. The van der Waals surface area contributed by atoms with Crippen molar-refractivity contribution in [3.05, 3.63) is 29.8 Å². The molecular weight excluding hydrogens is 196 g/mol. The summed E-state index contributed by atoms with van der Waals surface area (Å²) in [5.41, 5.74) is 3.26. The quantitative estimate of drug-likeness (QED) is 0.824. The van der Waals surface area contributed by atoms with E-state index in [1.165, 1.54) is 36.9 Å². The van der Waals surface area contributed by atoms with Crippen molar-refractivity contribution in [2.75, 3.05) is 19.0 Å². The van der Waals surface area contributed by atoms with Gasteiger partial charge in [0, 0.05) is 19.8 Å². The fourth-order valence-corrected chi connectivity index (χ4v) is 2.61. The molecule has 90 valence electrons. The fraction of sp³-hybridized carbons (Fsp3) is 0.571. The lowest BCUT2D eigenvalue weighted by atomic mass is 9.81. The lowest BCUT2D eigenvalue weighted by Gasteiger charge is -2.25. The van der Waals surface area contributed by atoms with E-state index in [4.69, 9.17) is 0 Å². The molecule has 0 spiro atoms. The summed E-state index contributed by atoms with van der Waals surface area (Å²) < 4.78 is 0. The van der Waals surface area contributed by atoms with Crippen LogP contribution in [0.25, 0.3) is 0 Å². The Bertz CT molecular complexity index is 321. The van der Waals surface area contributed by atoms with Crippen molar-refractivity contribution in [3.63, 3.8) is 0 Å². The first-order valence-electron chi connectivity index (χ1n) is 5.90. The normalized spacial score (nSPS) is 17.9. The Balaban J connectivity index is 0.00000128. The van der Waals surface area contributed by atoms with E-state index in [9.17, 15) is 0 Å². The number of rotatable bonds is 2. The third-order valence-corrected chi connectivity index (χ3v) is 3.79. The Morgan fingerprint density at radius 1 is 1.00 bits per heavy atom. The van der Waals surface area contributed by atoms with Crippen LogP contribution < -0.4 is 11.1 Å². The summed E-state index contributed by atoms with van der Waals surface area (Å²) in [7, 11) is 4.18. The Kier molecular flexibility index (Phi) is 3.98. The number of anilines is 1. The molecule has 0 aliphatic heterocycles. The SMILES string of the molecule is CN(C)c1ccc(C2(C)CCCC2)cc1.N. The molecule has 1 saturated carbocycles. The van der Waals surface area contributed by atoms with E-state index in [0.29, 0.717) is 5.41 Å². The molecule has 1 aliphatic rings. The minimum atomic E-state index is 0. The van der Waals surface area contributed by atoms with Crippen LogP contribution in [0.15, 0.2) is 24.3 Å². The van der Waals surface area contributed by atoms with Crippen LogP contribution in [0.2, 0.25) is 0 Å².